The van der Waals surface area contributed by atoms with Gasteiger partial charge in [0, 0.05) is 12.1 Å². The number of halogens is 1. The van der Waals surface area contributed by atoms with Crippen molar-refractivity contribution < 1.29 is 18.7 Å². The number of benzene rings is 1. The van der Waals surface area contributed by atoms with E-state index in [-0.39, 0.29) is 12.2 Å². The third kappa shape index (κ3) is 3.17. The van der Waals surface area contributed by atoms with Gasteiger partial charge >= 0.3 is 0 Å². The second-order valence-electron chi connectivity index (χ2n) is 5.15. The van der Waals surface area contributed by atoms with Crippen molar-refractivity contribution in [3.05, 3.63) is 45.8 Å². The standard InChI is InChI=1S/C17H16BrNO4/c1-21-15-7-10-5-6-19-12(11(10)8-16(15)22-2)9-13(20)14-3-4-17(18)23-14/h3-4,7-8H,5-6,9H2,1-2H3. The zero-order valence-corrected chi connectivity index (χ0v) is 14.5. The van der Waals surface area contributed by atoms with Gasteiger partial charge in [-0.3, -0.25) is 9.79 Å². The van der Waals surface area contributed by atoms with Gasteiger partial charge in [0.05, 0.1) is 26.4 Å². The number of Topliss-reactive ketones (excluding diaryl/α,β-unsaturated/α-hetero) is 1. The number of carbonyl (C=O) groups excluding carboxylic acids is 1. The predicted octanol–water partition coefficient (Wildman–Crippen LogP) is 3.68. The fourth-order valence-electron chi connectivity index (χ4n) is 2.65. The number of hydrogen-bond donors (Lipinski definition) is 0. The highest BCUT2D eigenvalue weighted by molar-refractivity contribution is 9.10. The predicted molar refractivity (Wildman–Crippen MR) is 90.0 cm³/mol. The molecule has 3 rings (SSSR count). The Morgan fingerprint density at radius 1 is 1.26 bits per heavy atom. The van der Waals surface area contributed by atoms with E-state index in [1.807, 2.05) is 12.1 Å². The Morgan fingerprint density at radius 3 is 2.65 bits per heavy atom. The van der Waals surface area contributed by atoms with Crippen molar-refractivity contribution in [2.75, 3.05) is 20.8 Å². The third-order valence-electron chi connectivity index (χ3n) is 3.78. The number of methoxy groups -OCH3 is 2. The monoisotopic (exact) mass is 377 g/mol. The minimum atomic E-state index is -0.0999. The zero-order valence-electron chi connectivity index (χ0n) is 12.9. The molecule has 1 aliphatic rings. The van der Waals surface area contributed by atoms with E-state index >= 15 is 0 Å². The number of ketones is 1. The van der Waals surface area contributed by atoms with Crippen molar-refractivity contribution in [2.45, 2.75) is 12.8 Å². The van der Waals surface area contributed by atoms with Gasteiger partial charge in [0.1, 0.15) is 0 Å². The largest absolute Gasteiger partial charge is 0.493 e. The Balaban J connectivity index is 1.91. The average Bonchev–Trinajstić information content (AvgIpc) is 3.00. The molecule has 2 heterocycles. The number of furan rings is 1. The molecule has 5 nitrogen and oxygen atoms in total. The second kappa shape index (κ2) is 6.58. The second-order valence-corrected chi connectivity index (χ2v) is 5.93. The van der Waals surface area contributed by atoms with Crippen LogP contribution in [0, 0.1) is 0 Å². The first-order valence-electron chi connectivity index (χ1n) is 7.19. The Morgan fingerprint density at radius 2 is 2.00 bits per heavy atom. The van der Waals surface area contributed by atoms with Gasteiger partial charge in [-0.2, -0.15) is 0 Å². The molecule has 0 atom stereocenters. The molecule has 1 aromatic heterocycles. The summed E-state index contributed by atoms with van der Waals surface area (Å²) < 4.78 is 16.6. The molecule has 120 valence electrons. The van der Waals surface area contributed by atoms with Crippen LogP contribution in [0.25, 0.3) is 0 Å². The third-order valence-corrected chi connectivity index (χ3v) is 4.21. The van der Waals surface area contributed by atoms with E-state index in [2.05, 4.69) is 20.9 Å². The first-order chi connectivity index (χ1) is 11.1. The molecule has 23 heavy (non-hydrogen) atoms. The summed E-state index contributed by atoms with van der Waals surface area (Å²) in [6.07, 6.45) is 1.02. The summed E-state index contributed by atoms with van der Waals surface area (Å²) in [6, 6.07) is 7.21. The molecular weight excluding hydrogens is 362 g/mol. The minimum absolute atomic E-state index is 0.0999. The molecule has 0 spiro atoms. The molecule has 0 aliphatic carbocycles. The maximum absolute atomic E-state index is 12.4. The summed E-state index contributed by atoms with van der Waals surface area (Å²) in [5.41, 5.74) is 2.80. The molecule has 0 bridgehead atoms. The van der Waals surface area contributed by atoms with E-state index in [4.69, 9.17) is 13.9 Å². The van der Waals surface area contributed by atoms with Gasteiger partial charge in [0.2, 0.25) is 5.78 Å². The molecule has 0 radical (unpaired) electrons. The summed E-state index contributed by atoms with van der Waals surface area (Å²) in [5.74, 6) is 1.55. The lowest BCUT2D eigenvalue weighted by atomic mass is 9.93. The molecular formula is C17H16BrNO4. The maximum Gasteiger partial charge on any atom is 0.203 e. The Hall–Kier alpha value is -2.08. The highest BCUT2D eigenvalue weighted by Gasteiger charge is 2.22. The molecule has 0 unspecified atom stereocenters. The van der Waals surface area contributed by atoms with Crippen LogP contribution in [0.15, 0.2) is 38.3 Å². The summed E-state index contributed by atoms with van der Waals surface area (Å²) >= 11 is 3.21. The average molecular weight is 378 g/mol. The van der Waals surface area contributed by atoms with Crippen LogP contribution in [-0.2, 0) is 6.42 Å². The summed E-state index contributed by atoms with van der Waals surface area (Å²) in [5, 5.41) is 0. The van der Waals surface area contributed by atoms with Crippen LogP contribution < -0.4 is 9.47 Å². The zero-order chi connectivity index (χ0) is 16.4. The normalized spacial score (nSPS) is 13.3. The molecule has 0 saturated heterocycles. The lowest BCUT2D eigenvalue weighted by Crippen LogP contribution is -2.17. The van der Waals surface area contributed by atoms with Crippen LogP contribution in [0.2, 0.25) is 0 Å². The van der Waals surface area contributed by atoms with Crippen LogP contribution >= 0.6 is 15.9 Å². The first-order valence-corrected chi connectivity index (χ1v) is 7.98. The quantitative estimate of drug-likeness (QED) is 0.745. The van der Waals surface area contributed by atoms with Crippen LogP contribution in [0.4, 0.5) is 0 Å². The molecule has 0 N–H and O–H groups in total. The van der Waals surface area contributed by atoms with Crippen molar-refractivity contribution in [3.8, 4) is 11.5 Å². The van der Waals surface area contributed by atoms with E-state index in [1.54, 1.807) is 26.4 Å². The molecule has 0 amide bonds. The van der Waals surface area contributed by atoms with E-state index in [0.717, 1.165) is 23.3 Å². The molecule has 6 heteroatoms. The molecule has 0 saturated carbocycles. The number of ether oxygens (including phenoxy) is 2. The highest BCUT2D eigenvalue weighted by atomic mass is 79.9. The van der Waals surface area contributed by atoms with Crippen LogP contribution in [0.5, 0.6) is 11.5 Å². The van der Waals surface area contributed by atoms with Crippen molar-refractivity contribution in [3.63, 3.8) is 0 Å². The summed E-state index contributed by atoms with van der Waals surface area (Å²) in [4.78, 5) is 16.9. The van der Waals surface area contributed by atoms with Gasteiger partial charge in [-0.25, -0.2) is 0 Å². The van der Waals surface area contributed by atoms with E-state index in [1.165, 1.54) is 0 Å². The number of aliphatic imine (C=N–C) groups is 1. The highest BCUT2D eigenvalue weighted by Crippen LogP contribution is 2.33. The van der Waals surface area contributed by atoms with Gasteiger partial charge in [-0.15, -0.1) is 0 Å². The Kier molecular flexibility index (Phi) is 4.52. The van der Waals surface area contributed by atoms with Crippen LogP contribution in [0.3, 0.4) is 0 Å². The van der Waals surface area contributed by atoms with Gasteiger partial charge in [0.15, 0.2) is 21.9 Å². The molecule has 2 aromatic rings. The number of hydrogen-bond acceptors (Lipinski definition) is 5. The van der Waals surface area contributed by atoms with Gasteiger partial charge in [-0.05, 0) is 52.2 Å². The molecule has 1 aromatic carbocycles. The smallest absolute Gasteiger partial charge is 0.203 e. The number of nitrogens with zero attached hydrogens (tertiary/aromatic N) is 1. The van der Waals surface area contributed by atoms with Crippen molar-refractivity contribution in [2.24, 2.45) is 4.99 Å². The van der Waals surface area contributed by atoms with Gasteiger partial charge < -0.3 is 13.9 Å². The SMILES string of the molecule is COc1cc2c(cc1OC)C(CC(=O)c1ccc(Br)o1)=NCC2. The van der Waals surface area contributed by atoms with Gasteiger partial charge in [-0.1, -0.05) is 0 Å². The van der Waals surface area contributed by atoms with Gasteiger partial charge in [0.25, 0.3) is 0 Å². The fourth-order valence-corrected chi connectivity index (χ4v) is 2.95. The Labute approximate surface area is 142 Å². The maximum atomic E-state index is 12.4. The van der Waals surface area contributed by atoms with E-state index in [9.17, 15) is 4.79 Å². The summed E-state index contributed by atoms with van der Waals surface area (Å²) in [6.45, 7) is 0.660. The fraction of sp³-hybridized carbons (Fsp3) is 0.294. The van der Waals surface area contributed by atoms with Crippen molar-refractivity contribution >= 4 is 27.4 Å². The lowest BCUT2D eigenvalue weighted by molar-refractivity contribution is 0.0973. The van der Waals surface area contributed by atoms with Crippen molar-refractivity contribution in [1.82, 2.24) is 0 Å². The number of rotatable bonds is 5. The molecule has 0 fully saturated rings. The van der Waals surface area contributed by atoms with E-state index in [0.29, 0.717) is 28.5 Å². The van der Waals surface area contributed by atoms with Crippen molar-refractivity contribution in [1.29, 1.82) is 0 Å². The van der Waals surface area contributed by atoms with E-state index < -0.39 is 0 Å². The number of carbonyl (C=O) groups is 1. The molecule has 1 aliphatic heterocycles. The minimum Gasteiger partial charge on any atom is -0.493 e. The topological polar surface area (TPSA) is 61.0 Å². The van der Waals surface area contributed by atoms with Crippen LogP contribution in [-0.4, -0.2) is 32.3 Å². The Bertz CT molecular complexity index is 779. The number of fused-ring (bicyclic) bond motifs is 1. The lowest BCUT2D eigenvalue weighted by Gasteiger charge is -2.19. The van der Waals surface area contributed by atoms with Crippen LogP contribution in [0.1, 0.15) is 28.1 Å². The summed E-state index contributed by atoms with van der Waals surface area (Å²) in [7, 11) is 3.20. The first kappa shape index (κ1) is 15.8.